The van der Waals surface area contributed by atoms with Crippen LogP contribution in [-0.2, 0) is 4.74 Å². The summed E-state index contributed by atoms with van der Waals surface area (Å²) in [6, 6.07) is 1.91. The quantitative estimate of drug-likeness (QED) is 0.550. The van der Waals surface area contributed by atoms with Crippen molar-refractivity contribution in [2.45, 2.75) is 18.7 Å². The minimum absolute atomic E-state index is 0.0191. The van der Waals surface area contributed by atoms with Crippen LogP contribution in [0.4, 0.5) is 0 Å². The molecule has 1 atom stereocenters. The first kappa shape index (κ1) is 19.6. The molecule has 0 saturated carbocycles. The number of aromatic nitrogens is 3. The van der Waals surface area contributed by atoms with E-state index in [1.54, 1.807) is 12.4 Å². The molecule has 0 amide bonds. The predicted octanol–water partition coefficient (Wildman–Crippen LogP) is 4.12. The van der Waals surface area contributed by atoms with Crippen LogP contribution < -0.4 is 0 Å². The number of hydrogen-bond acceptors (Lipinski definition) is 5. The summed E-state index contributed by atoms with van der Waals surface area (Å²) in [7, 11) is 0. The fourth-order valence-corrected chi connectivity index (χ4v) is 3.64. The number of alkyl halides is 1. The molecule has 150 valence electrons. The molecule has 0 spiro atoms. The van der Waals surface area contributed by atoms with E-state index in [1.807, 2.05) is 37.4 Å². The summed E-state index contributed by atoms with van der Waals surface area (Å²) in [5, 5.41) is 0.0191. The SMILES string of the molecule is C=C(C=N/C(=C\C)N1CCOCC1)c1nc2ccncc2n1C1=CCC(Cl)C=C1. The third-order valence-electron chi connectivity index (χ3n) is 4.98. The van der Waals surface area contributed by atoms with Gasteiger partial charge in [-0.3, -0.25) is 9.55 Å². The van der Waals surface area contributed by atoms with Gasteiger partial charge in [0.1, 0.15) is 11.6 Å². The molecule has 1 saturated heterocycles. The Morgan fingerprint density at radius 1 is 1.38 bits per heavy atom. The molecule has 1 unspecified atom stereocenters. The van der Waals surface area contributed by atoms with Gasteiger partial charge < -0.3 is 9.64 Å². The Balaban J connectivity index is 1.67. The van der Waals surface area contributed by atoms with E-state index in [4.69, 9.17) is 26.3 Å². The van der Waals surface area contributed by atoms with Gasteiger partial charge in [0, 0.05) is 36.8 Å². The number of aliphatic imine (C=N–C) groups is 1. The first-order valence-corrected chi connectivity index (χ1v) is 10.2. The van der Waals surface area contributed by atoms with Crippen LogP contribution in [0.15, 0.2) is 60.2 Å². The van der Waals surface area contributed by atoms with E-state index in [0.717, 1.165) is 66.7 Å². The minimum atomic E-state index is 0.0191. The monoisotopic (exact) mass is 409 g/mol. The van der Waals surface area contributed by atoms with E-state index in [1.165, 1.54) is 0 Å². The van der Waals surface area contributed by atoms with E-state index in [0.29, 0.717) is 0 Å². The number of fused-ring (bicyclic) bond motifs is 1. The average molecular weight is 410 g/mol. The topological polar surface area (TPSA) is 55.5 Å². The van der Waals surface area contributed by atoms with Gasteiger partial charge >= 0.3 is 0 Å². The normalized spacial score (nSPS) is 20.5. The van der Waals surface area contributed by atoms with Gasteiger partial charge in [0.15, 0.2) is 0 Å². The second kappa shape index (κ2) is 8.76. The number of imidazole rings is 1. The third-order valence-corrected chi connectivity index (χ3v) is 5.30. The molecule has 3 heterocycles. The molecule has 1 aliphatic heterocycles. The van der Waals surface area contributed by atoms with Gasteiger partial charge in [-0.1, -0.05) is 18.7 Å². The molecule has 0 aromatic carbocycles. The van der Waals surface area contributed by atoms with Gasteiger partial charge in [-0.05, 0) is 31.6 Å². The van der Waals surface area contributed by atoms with E-state index in [9.17, 15) is 0 Å². The van der Waals surface area contributed by atoms with Crippen molar-refractivity contribution in [1.29, 1.82) is 0 Å². The number of pyridine rings is 1. The third kappa shape index (κ3) is 4.18. The van der Waals surface area contributed by atoms with Gasteiger partial charge in [-0.25, -0.2) is 9.98 Å². The lowest BCUT2D eigenvalue weighted by Crippen LogP contribution is -2.35. The van der Waals surface area contributed by atoms with Crippen LogP contribution in [0.25, 0.3) is 22.3 Å². The molecule has 6 nitrogen and oxygen atoms in total. The Morgan fingerprint density at radius 2 is 2.21 bits per heavy atom. The molecular formula is C22H24ClN5O. The maximum atomic E-state index is 6.21. The Kier molecular flexibility index (Phi) is 5.92. The van der Waals surface area contributed by atoms with Crippen molar-refractivity contribution in [3.8, 4) is 0 Å². The van der Waals surface area contributed by atoms with Gasteiger partial charge in [-0.2, -0.15) is 0 Å². The fraction of sp³-hybridized carbons (Fsp3) is 0.318. The zero-order chi connectivity index (χ0) is 20.2. The molecule has 0 bridgehead atoms. The summed E-state index contributed by atoms with van der Waals surface area (Å²) >= 11 is 6.21. The van der Waals surface area contributed by atoms with E-state index in [2.05, 4.69) is 27.1 Å². The van der Waals surface area contributed by atoms with Gasteiger partial charge in [0.25, 0.3) is 0 Å². The maximum Gasteiger partial charge on any atom is 0.146 e. The minimum Gasteiger partial charge on any atom is -0.378 e. The molecule has 4 rings (SSSR count). The van der Waals surface area contributed by atoms with Crippen LogP contribution in [0.1, 0.15) is 19.2 Å². The number of morpholine rings is 1. The highest BCUT2D eigenvalue weighted by Crippen LogP contribution is 2.27. The molecular weight excluding hydrogens is 386 g/mol. The standard InChI is InChI=1S/C22H24ClN5O/c1-3-21(27-10-12-29-13-11-27)25-14-16(2)22-26-19-8-9-24-15-20(19)28(22)18-6-4-17(23)5-7-18/h3-4,6-9,14-15,17H,2,5,10-13H2,1H3/b21-3+,25-14?. The van der Waals surface area contributed by atoms with Crippen LogP contribution in [0.5, 0.6) is 0 Å². The maximum absolute atomic E-state index is 6.21. The summed E-state index contributed by atoms with van der Waals surface area (Å²) < 4.78 is 7.50. The van der Waals surface area contributed by atoms with Crippen LogP contribution in [0.2, 0.25) is 0 Å². The van der Waals surface area contributed by atoms with Crippen LogP contribution in [0.3, 0.4) is 0 Å². The van der Waals surface area contributed by atoms with Crippen LogP contribution >= 0.6 is 11.6 Å². The number of halogens is 1. The van der Waals surface area contributed by atoms with Crippen LogP contribution in [0, 0.1) is 0 Å². The zero-order valence-electron chi connectivity index (χ0n) is 16.5. The lowest BCUT2D eigenvalue weighted by atomic mass is 10.1. The zero-order valence-corrected chi connectivity index (χ0v) is 17.2. The van der Waals surface area contributed by atoms with Gasteiger partial charge in [-0.15, -0.1) is 11.6 Å². The molecule has 2 aromatic rings. The van der Waals surface area contributed by atoms with Crippen molar-refractivity contribution >= 4 is 40.1 Å². The predicted molar refractivity (Wildman–Crippen MR) is 119 cm³/mol. The molecule has 1 aliphatic carbocycles. The Morgan fingerprint density at radius 3 is 2.93 bits per heavy atom. The van der Waals surface area contributed by atoms with Crippen molar-refractivity contribution in [3.63, 3.8) is 0 Å². The molecule has 0 radical (unpaired) electrons. The van der Waals surface area contributed by atoms with Crippen molar-refractivity contribution in [3.05, 3.63) is 61.0 Å². The number of hydrogen-bond donors (Lipinski definition) is 0. The highest BCUT2D eigenvalue weighted by molar-refractivity contribution is 6.22. The summed E-state index contributed by atoms with van der Waals surface area (Å²) in [6.45, 7) is 9.35. The Bertz CT molecular complexity index is 1030. The van der Waals surface area contributed by atoms with Gasteiger partial charge in [0.05, 0.1) is 35.8 Å². The number of rotatable bonds is 5. The number of allylic oxidation sites excluding steroid dienone is 6. The molecule has 7 heteroatoms. The molecule has 0 N–H and O–H groups in total. The Hall–Kier alpha value is -2.70. The van der Waals surface area contributed by atoms with E-state index < -0.39 is 0 Å². The first-order valence-electron chi connectivity index (χ1n) is 9.75. The summed E-state index contributed by atoms with van der Waals surface area (Å²) in [5.74, 6) is 1.67. The Labute approximate surface area is 175 Å². The lowest BCUT2D eigenvalue weighted by molar-refractivity contribution is 0.0531. The number of ether oxygens (including phenoxy) is 1. The fourth-order valence-electron chi connectivity index (χ4n) is 3.48. The smallest absolute Gasteiger partial charge is 0.146 e. The second-order valence-corrected chi connectivity index (χ2v) is 7.47. The number of nitrogens with zero attached hydrogens (tertiary/aromatic N) is 5. The van der Waals surface area contributed by atoms with Gasteiger partial charge in [0.2, 0.25) is 0 Å². The largest absolute Gasteiger partial charge is 0.378 e. The molecule has 29 heavy (non-hydrogen) atoms. The van der Waals surface area contributed by atoms with E-state index in [-0.39, 0.29) is 5.38 Å². The average Bonchev–Trinajstić information content (AvgIpc) is 3.15. The van der Waals surface area contributed by atoms with Crippen molar-refractivity contribution in [2.24, 2.45) is 4.99 Å². The van der Waals surface area contributed by atoms with Crippen molar-refractivity contribution in [1.82, 2.24) is 19.4 Å². The highest BCUT2D eigenvalue weighted by Gasteiger charge is 2.17. The molecule has 2 aromatic heterocycles. The summed E-state index contributed by atoms with van der Waals surface area (Å²) in [4.78, 5) is 16.0. The van der Waals surface area contributed by atoms with E-state index >= 15 is 0 Å². The summed E-state index contributed by atoms with van der Waals surface area (Å²) in [5.41, 5.74) is 3.55. The highest BCUT2D eigenvalue weighted by atomic mass is 35.5. The molecule has 1 fully saturated rings. The van der Waals surface area contributed by atoms with Crippen molar-refractivity contribution < 1.29 is 4.74 Å². The lowest BCUT2D eigenvalue weighted by Gasteiger charge is -2.28. The van der Waals surface area contributed by atoms with Crippen LogP contribution in [-0.4, -0.2) is 57.3 Å². The molecule has 2 aliphatic rings. The second-order valence-electron chi connectivity index (χ2n) is 6.90. The first-order chi connectivity index (χ1) is 14.2. The summed E-state index contributed by atoms with van der Waals surface area (Å²) in [6.07, 6.45) is 14.3. The van der Waals surface area contributed by atoms with Crippen molar-refractivity contribution in [2.75, 3.05) is 26.3 Å².